The van der Waals surface area contributed by atoms with Crippen LogP contribution in [-0.4, -0.2) is 45.3 Å². The third kappa shape index (κ3) is 3.17. The quantitative estimate of drug-likeness (QED) is 0.0676. The molecule has 0 spiro atoms. The van der Waals surface area contributed by atoms with Crippen molar-refractivity contribution < 1.29 is 49.9 Å². The van der Waals surface area contributed by atoms with Gasteiger partial charge in [-0.2, -0.15) is 0 Å². The SMILES string of the molecule is Cc1cc(=O)c2c(O)c3c(O)cc(O)c4c5c(O)cc(O)c6c(O)c7c(=O)cc(C)c8c1c2c(c34)c(c65)c78.O=P(O)(O)O. The molecule has 0 unspecified atom stereocenters. The van der Waals surface area contributed by atoms with Gasteiger partial charge in [0.2, 0.25) is 0 Å². The Morgan fingerprint density at radius 3 is 1.00 bits per heavy atom. The molecule has 0 radical (unpaired) electrons. The minimum absolute atomic E-state index is 0.0431. The van der Waals surface area contributed by atoms with Crippen LogP contribution in [0.5, 0.6) is 34.5 Å². The second-order valence-electron chi connectivity index (χ2n) is 10.7. The Hall–Kier alpha value is -5.13. The lowest BCUT2D eigenvalue weighted by molar-refractivity contribution is 0.275. The predicted molar refractivity (Wildman–Crippen MR) is 160 cm³/mol. The smallest absolute Gasteiger partial charge is 0.466 e. The van der Waals surface area contributed by atoms with E-state index in [2.05, 4.69) is 0 Å². The number of phenols is 6. The monoisotopic (exact) mass is 602 g/mol. The van der Waals surface area contributed by atoms with Crippen LogP contribution in [0.3, 0.4) is 0 Å². The molecule has 0 saturated carbocycles. The van der Waals surface area contributed by atoms with Crippen molar-refractivity contribution in [2.24, 2.45) is 0 Å². The first kappa shape index (κ1) is 26.7. The third-order valence-electron chi connectivity index (χ3n) is 8.25. The first-order valence-corrected chi connectivity index (χ1v) is 14.2. The van der Waals surface area contributed by atoms with E-state index in [1.807, 2.05) is 0 Å². The van der Waals surface area contributed by atoms with Crippen molar-refractivity contribution >= 4 is 83.2 Å². The molecule has 0 amide bonds. The van der Waals surface area contributed by atoms with E-state index in [9.17, 15) is 40.2 Å². The maximum absolute atomic E-state index is 13.4. The molecule has 8 rings (SSSR count). The highest BCUT2D eigenvalue weighted by molar-refractivity contribution is 7.45. The van der Waals surface area contributed by atoms with Gasteiger partial charge in [-0.05, 0) is 47.9 Å². The van der Waals surface area contributed by atoms with Crippen molar-refractivity contribution in [2.75, 3.05) is 0 Å². The molecule has 12 nitrogen and oxygen atoms in total. The number of aryl methyl sites for hydroxylation is 2. The second kappa shape index (κ2) is 8.03. The summed E-state index contributed by atoms with van der Waals surface area (Å²) >= 11 is 0. The standard InChI is InChI=1S/C30H16O8.H3O4P/c1-7-3-9(31)19-23-15(7)16-8(2)4-10(32)20-24(16)28-26-18(12(34)6-14(36)22(26)30(20)38)17-11(33)5-13(35)21(29(19)37)25(17)27(23)28;1-5(2,3)4/h3-6,33-38H,1-2H3;(H3,1,2,3,4). The van der Waals surface area contributed by atoms with E-state index >= 15 is 0 Å². The first-order valence-electron chi connectivity index (χ1n) is 12.6. The summed E-state index contributed by atoms with van der Waals surface area (Å²) in [5.41, 5.74) is 0.175. The van der Waals surface area contributed by atoms with Crippen LogP contribution >= 0.6 is 7.82 Å². The fraction of sp³-hybridized carbons (Fsp3) is 0.0667. The van der Waals surface area contributed by atoms with Gasteiger partial charge in [-0.3, -0.25) is 9.59 Å². The zero-order chi connectivity index (χ0) is 31.2. The molecule has 0 saturated heterocycles. The van der Waals surface area contributed by atoms with Gasteiger partial charge in [-0.15, -0.1) is 0 Å². The molecule has 9 N–H and O–H groups in total. The second-order valence-corrected chi connectivity index (χ2v) is 11.7. The van der Waals surface area contributed by atoms with Crippen molar-refractivity contribution in [3.63, 3.8) is 0 Å². The van der Waals surface area contributed by atoms with E-state index in [1.54, 1.807) is 13.8 Å². The Bertz CT molecular complexity index is 2510. The van der Waals surface area contributed by atoms with Crippen molar-refractivity contribution in [1.82, 2.24) is 0 Å². The Labute approximate surface area is 237 Å². The first-order chi connectivity index (χ1) is 20.0. The number of benzene rings is 8. The van der Waals surface area contributed by atoms with E-state index in [0.717, 1.165) is 12.1 Å². The van der Waals surface area contributed by atoms with Gasteiger partial charge in [0, 0.05) is 55.2 Å². The molecule has 0 aliphatic carbocycles. The summed E-state index contributed by atoms with van der Waals surface area (Å²) in [5.74, 6) is -2.75. The number of hydrogen-bond donors (Lipinski definition) is 9. The predicted octanol–water partition coefficient (Wildman–Crippen LogP) is 4.15. The van der Waals surface area contributed by atoms with E-state index in [4.69, 9.17) is 19.2 Å². The lowest BCUT2D eigenvalue weighted by Crippen LogP contribution is -2.08. The van der Waals surface area contributed by atoms with Crippen molar-refractivity contribution in [1.29, 1.82) is 0 Å². The average molecular weight is 602 g/mol. The molecule has 13 heteroatoms. The molecule has 0 aliphatic heterocycles. The summed E-state index contributed by atoms with van der Waals surface area (Å²) in [6, 6.07) is 4.77. The third-order valence-corrected chi connectivity index (χ3v) is 8.25. The molecule has 0 aromatic heterocycles. The highest BCUT2D eigenvalue weighted by atomic mass is 31.2. The summed E-state index contributed by atoms with van der Waals surface area (Å²) in [4.78, 5) is 48.3. The van der Waals surface area contributed by atoms with Crippen molar-refractivity contribution in [3.05, 3.63) is 55.8 Å². The zero-order valence-corrected chi connectivity index (χ0v) is 22.9. The summed E-state index contributed by atoms with van der Waals surface area (Å²) in [6.07, 6.45) is 0. The fourth-order valence-electron chi connectivity index (χ4n) is 6.98. The number of phenolic OH excluding ortho intramolecular Hbond substituents is 6. The van der Waals surface area contributed by atoms with Crippen LogP contribution in [0.2, 0.25) is 0 Å². The van der Waals surface area contributed by atoms with Gasteiger partial charge in [-0.1, -0.05) is 0 Å². The Morgan fingerprint density at radius 2 is 0.674 bits per heavy atom. The van der Waals surface area contributed by atoms with Crippen LogP contribution in [-0.2, 0) is 4.57 Å². The van der Waals surface area contributed by atoms with Crippen molar-refractivity contribution in [3.8, 4) is 34.5 Å². The van der Waals surface area contributed by atoms with Gasteiger partial charge < -0.3 is 45.3 Å². The van der Waals surface area contributed by atoms with Gasteiger partial charge in [0.05, 0.1) is 21.5 Å². The van der Waals surface area contributed by atoms with E-state index < -0.39 is 53.2 Å². The van der Waals surface area contributed by atoms with Crippen LogP contribution in [0.1, 0.15) is 11.1 Å². The molecule has 0 bridgehead atoms. The number of rotatable bonds is 0. The van der Waals surface area contributed by atoms with E-state index in [1.165, 1.54) is 12.1 Å². The maximum Gasteiger partial charge on any atom is 0.466 e. The molecular formula is C30H19O12P. The van der Waals surface area contributed by atoms with E-state index in [0.29, 0.717) is 43.4 Å². The number of fused-ring (bicyclic) bond motifs is 2. The maximum atomic E-state index is 13.4. The molecule has 0 aliphatic rings. The number of phosphoric acid groups is 1. The topological polar surface area (TPSA) is 233 Å². The Morgan fingerprint density at radius 1 is 0.419 bits per heavy atom. The molecule has 8 aromatic rings. The molecule has 43 heavy (non-hydrogen) atoms. The average Bonchev–Trinajstić information content (AvgIpc) is 2.86. The zero-order valence-electron chi connectivity index (χ0n) is 22.0. The van der Waals surface area contributed by atoms with E-state index in [-0.39, 0.29) is 43.1 Å². The number of aromatic hydroxyl groups is 6. The van der Waals surface area contributed by atoms with Crippen LogP contribution in [0.15, 0.2) is 33.9 Å². The van der Waals surface area contributed by atoms with Gasteiger partial charge in [0.1, 0.15) is 34.5 Å². The van der Waals surface area contributed by atoms with Crippen LogP contribution in [0, 0.1) is 13.8 Å². The minimum Gasteiger partial charge on any atom is -0.507 e. The summed E-state index contributed by atoms with van der Waals surface area (Å²) in [7, 11) is -4.64. The lowest BCUT2D eigenvalue weighted by Gasteiger charge is -2.25. The van der Waals surface area contributed by atoms with Crippen LogP contribution < -0.4 is 10.9 Å². The Kier molecular flexibility index (Phi) is 4.99. The summed E-state index contributed by atoms with van der Waals surface area (Å²) < 4.78 is 8.88. The van der Waals surface area contributed by atoms with Crippen LogP contribution in [0.25, 0.3) is 75.4 Å². The molecule has 216 valence electrons. The molecular weight excluding hydrogens is 583 g/mol. The molecule has 0 heterocycles. The van der Waals surface area contributed by atoms with Crippen LogP contribution in [0.4, 0.5) is 0 Å². The van der Waals surface area contributed by atoms with Gasteiger partial charge in [0.15, 0.2) is 10.9 Å². The Balaban J connectivity index is 0.000000558. The highest BCUT2D eigenvalue weighted by Gasteiger charge is 2.33. The van der Waals surface area contributed by atoms with Gasteiger partial charge in [-0.25, -0.2) is 4.57 Å². The summed E-state index contributed by atoms with van der Waals surface area (Å²) in [6.45, 7) is 3.47. The number of hydrogen-bond acceptors (Lipinski definition) is 9. The molecule has 0 fully saturated rings. The lowest BCUT2D eigenvalue weighted by atomic mass is 9.78. The summed E-state index contributed by atoms with van der Waals surface area (Å²) in [5, 5.41) is 69.6. The minimum atomic E-state index is -4.64. The molecule has 8 aromatic carbocycles. The van der Waals surface area contributed by atoms with Crippen molar-refractivity contribution in [2.45, 2.75) is 13.8 Å². The largest absolute Gasteiger partial charge is 0.507 e. The molecule has 0 atom stereocenters. The normalized spacial score (nSPS) is 12.7. The highest BCUT2D eigenvalue weighted by Crippen LogP contribution is 2.60. The fourth-order valence-corrected chi connectivity index (χ4v) is 6.98. The van der Waals surface area contributed by atoms with Gasteiger partial charge in [0.25, 0.3) is 0 Å². The van der Waals surface area contributed by atoms with Gasteiger partial charge >= 0.3 is 7.82 Å².